The average Bonchev–Trinajstić information content (AvgIpc) is 2.99. The fraction of sp³-hybridized carbons (Fsp3) is 0.350. The van der Waals surface area contributed by atoms with Crippen molar-refractivity contribution in [2.45, 2.75) is 12.5 Å². The first-order valence-corrected chi connectivity index (χ1v) is 9.66. The van der Waals surface area contributed by atoms with Gasteiger partial charge in [-0.1, -0.05) is 6.07 Å². The molecule has 2 aliphatic heterocycles. The van der Waals surface area contributed by atoms with Gasteiger partial charge in [0, 0.05) is 50.2 Å². The molecule has 3 amide bonds. The van der Waals surface area contributed by atoms with Crippen LogP contribution < -0.4 is 10.2 Å². The molecule has 3 heterocycles. The Morgan fingerprint density at radius 3 is 2.40 bits per heavy atom. The molecule has 0 bridgehead atoms. The molecule has 10 nitrogen and oxygen atoms in total. The van der Waals surface area contributed by atoms with Crippen LogP contribution in [0.1, 0.15) is 12.6 Å². The van der Waals surface area contributed by atoms with Crippen LogP contribution in [-0.2, 0) is 10.3 Å². The number of benzene rings is 1. The topological polar surface area (TPSA) is 112 Å². The third-order valence-corrected chi connectivity index (χ3v) is 5.59. The monoisotopic (exact) mass is 410 g/mol. The number of piperazine rings is 1. The van der Waals surface area contributed by atoms with E-state index in [4.69, 9.17) is 0 Å². The Bertz CT molecular complexity index is 959. The number of amides is 3. The number of carbonyl (C=O) groups is 2. The number of hydrogen-bond donors (Lipinski definition) is 1. The molecule has 2 fully saturated rings. The lowest BCUT2D eigenvalue weighted by molar-refractivity contribution is -0.384. The lowest BCUT2D eigenvalue weighted by Crippen LogP contribution is -2.51. The smallest absolute Gasteiger partial charge is 0.326 e. The van der Waals surface area contributed by atoms with Crippen molar-refractivity contribution in [3.8, 4) is 0 Å². The van der Waals surface area contributed by atoms with Crippen LogP contribution in [0.5, 0.6) is 0 Å². The molecule has 0 aliphatic carbocycles. The molecule has 0 saturated carbocycles. The van der Waals surface area contributed by atoms with Crippen molar-refractivity contribution in [1.82, 2.24) is 20.1 Å². The van der Waals surface area contributed by atoms with Crippen LogP contribution >= 0.6 is 0 Å². The third-order valence-electron chi connectivity index (χ3n) is 5.59. The number of rotatable bonds is 5. The highest BCUT2D eigenvalue weighted by atomic mass is 16.6. The van der Waals surface area contributed by atoms with Gasteiger partial charge >= 0.3 is 6.03 Å². The summed E-state index contributed by atoms with van der Waals surface area (Å²) in [4.78, 5) is 45.5. The highest BCUT2D eigenvalue weighted by Gasteiger charge is 2.50. The quantitative estimate of drug-likeness (QED) is 0.452. The number of non-ortho nitro benzene ring substituents is 1. The van der Waals surface area contributed by atoms with Crippen molar-refractivity contribution in [2.75, 3.05) is 37.7 Å². The van der Waals surface area contributed by atoms with E-state index in [1.54, 1.807) is 43.5 Å². The van der Waals surface area contributed by atoms with E-state index in [-0.39, 0.29) is 18.3 Å². The van der Waals surface area contributed by atoms with Crippen LogP contribution in [0.25, 0.3) is 0 Å². The van der Waals surface area contributed by atoms with Gasteiger partial charge in [0.15, 0.2) is 5.54 Å². The van der Waals surface area contributed by atoms with Gasteiger partial charge in [-0.3, -0.25) is 24.8 Å². The minimum Gasteiger partial charge on any atom is -0.369 e. The summed E-state index contributed by atoms with van der Waals surface area (Å²) in [6.45, 7) is 4.59. The molecule has 2 aliphatic rings. The van der Waals surface area contributed by atoms with Crippen LogP contribution in [0, 0.1) is 10.1 Å². The van der Waals surface area contributed by atoms with E-state index in [0.717, 1.165) is 5.69 Å². The number of nitrogens with one attached hydrogen (secondary N) is 1. The first-order valence-electron chi connectivity index (χ1n) is 9.66. The molecular formula is C20H22N6O4. The molecule has 2 saturated heterocycles. The van der Waals surface area contributed by atoms with E-state index in [1.807, 2.05) is 4.90 Å². The molecule has 4 rings (SSSR count). The number of aromatic nitrogens is 1. The molecule has 2 aromatic rings. The van der Waals surface area contributed by atoms with Gasteiger partial charge in [0.2, 0.25) is 0 Å². The van der Waals surface area contributed by atoms with Crippen molar-refractivity contribution in [3.63, 3.8) is 0 Å². The standard InChI is InChI=1S/C20H22N6O4/c1-20(17-4-2-3-9-21-17)18(27)25(19(28)22-20)14-23-10-12-24(13-11-23)15-5-7-16(8-6-15)26(29)30/h2-9H,10-14H2,1H3,(H,22,28). The Hall–Kier alpha value is -3.53. The fourth-order valence-corrected chi connectivity index (χ4v) is 3.79. The van der Waals surface area contributed by atoms with E-state index in [1.165, 1.54) is 17.0 Å². The van der Waals surface area contributed by atoms with Crippen molar-refractivity contribution in [1.29, 1.82) is 0 Å². The van der Waals surface area contributed by atoms with Crippen molar-refractivity contribution < 1.29 is 14.5 Å². The van der Waals surface area contributed by atoms with Crippen molar-refractivity contribution in [3.05, 3.63) is 64.5 Å². The summed E-state index contributed by atoms with van der Waals surface area (Å²) in [6, 6.07) is 11.3. The molecule has 1 aromatic heterocycles. The van der Waals surface area contributed by atoms with Crippen molar-refractivity contribution >= 4 is 23.3 Å². The maximum atomic E-state index is 13.0. The Labute approximate surface area is 173 Å². The number of nitrogens with zero attached hydrogens (tertiary/aromatic N) is 5. The highest BCUT2D eigenvalue weighted by Crippen LogP contribution is 2.27. The molecule has 0 spiro atoms. The van der Waals surface area contributed by atoms with Gasteiger partial charge in [-0.15, -0.1) is 0 Å². The van der Waals surface area contributed by atoms with Gasteiger partial charge < -0.3 is 10.2 Å². The van der Waals surface area contributed by atoms with Crippen LogP contribution in [0.4, 0.5) is 16.2 Å². The largest absolute Gasteiger partial charge is 0.369 e. The number of carbonyl (C=O) groups excluding carboxylic acids is 2. The molecule has 156 valence electrons. The summed E-state index contributed by atoms with van der Waals surface area (Å²) in [5.74, 6) is -0.316. The van der Waals surface area contributed by atoms with Gasteiger partial charge in [-0.2, -0.15) is 0 Å². The molecular weight excluding hydrogens is 388 g/mol. The summed E-state index contributed by atoms with van der Waals surface area (Å²) in [5.41, 5.74) is 0.317. The fourth-order valence-electron chi connectivity index (χ4n) is 3.79. The molecule has 10 heteroatoms. The first kappa shape index (κ1) is 19.8. The van der Waals surface area contributed by atoms with Gasteiger partial charge in [0.1, 0.15) is 0 Å². The summed E-state index contributed by atoms with van der Waals surface area (Å²) in [5, 5.41) is 13.6. The lowest BCUT2D eigenvalue weighted by atomic mass is 9.97. The van der Waals surface area contributed by atoms with Crippen LogP contribution in [0.3, 0.4) is 0 Å². The molecule has 1 unspecified atom stereocenters. The summed E-state index contributed by atoms with van der Waals surface area (Å²) in [7, 11) is 0. The predicted octanol–water partition coefficient (Wildman–Crippen LogP) is 1.54. The Balaban J connectivity index is 1.37. The second-order valence-corrected chi connectivity index (χ2v) is 7.52. The van der Waals surface area contributed by atoms with Crippen LogP contribution in [-0.4, -0.2) is 64.5 Å². The molecule has 1 N–H and O–H groups in total. The average molecular weight is 410 g/mol. The first-order chi connectivity index (χ1) is 14.4. The van der Waals surface area contributed by atoms with Crippen LogP contribution in [0.2, 0.25) is 0 Å². The number of nitro benzene ring substituents is 1. The van der Waals surface area contributed by atoms with E-state index in [9.17, 15) is 19.7 Å². The number of urea groups is 1. The van der Waals surface area contributed by atoms with E-state index in [0.29, 0.717) is 31.9 Å². The molecule has 1 atom stereocenters. The van der Waals surface area contributed by atoms with E-state index in [2.05, 4.69) is 15.2 Å². The van der Waals surface area contributed by atoms with Crippen LogP contribution in [0.15, 0.2) is 48.7 Å². The maximum absolute atomic E-state index is 13.0. The summed E-state index contributed by atoms with van der Waals surface area (Å²) < 4.78 is 0. The third kappa shape index (κ3) is 3.57. The zero-order valence-corrected chi connectivity index (χ0v) is 16.5. The predicted molar refractivity (Wildman–Crippen MR) is 109 cm³/mol. The second kappa shape index (κ2) is 7.71. The van der Waals surface area contributed by atoms with Gasteiger partial charge in [-0.25, -0.2) is 9.69 Å². The zero-order valence-electron chi connectivity index (χ0n) is 16.5. The minimum absolute atomic E-state index is 0.0619. The SMILES string of the molecule is CC1(c2ccccn2)NC(=O)N(CN2CCN(c3ccc([N+](=O)[O-])cc3)CC2)C1=O. The normalized spacial score (nSPS) is 22.3. The number of anilines is 1. The molecule has 0 radical (unpaired) electrons. The lowest BCUT2D eigenvalue weighted by Gasteiger charge is -2.37. The van der Waals surface area contributed by atoms with Crippen molar-refractivity contribution in [2.24, 2.45) is 0 Å². The Morgan fingerprint density at radius 1 is 1.10 bits per heavy atom. The van der Waals surface area contributed by atoms with Gasteiger partial charge in [0.05, 0.1) is 17.3 Å². The number of pyridine rings is 1. The van der Waals surface area contributed by atoms with Gasteiger partial charge in [0.25, 0.3) is 11.6 Å². The van der Waals surface area contributed by atoms with E-state index < -0.39 is 16.5 Å². The summed E-state index contributed by atoms with van der Waals surface area (Å²) >= 11 is 0. The molecule has 30 heavy (non-hydrogen) atoms. The number of hydrogen-bond acceptors (Lipinski definition) is 7. The second-order valence-electron chi connectivity index (χ2n) is 7.52. The number of nitro groups is 1. The Kier molecular flexibility index (Phi) is 5.08. The highest BCUT2D eigenvalue weighted by molar-refractivity contribution is 6.06. The Morgan fingerprint density at radius 2 is 1.80 bits per heavy atom. The molecule has 1 aromatic carbocycles. The maximum Gasteiger partial charge on any atom is 0.326 e. The number of imide groups is 1. The minimum atomic E-state index is -1.17. The summed E-state index contributed by atoms with van der Waals surface area (Å²) in [6.07, 6.45) is 1.60. The zero-order chi connectivity index (χ0) is 21.3. The van der Waals surface area contributed by atoms with E-state index >= 15 is 0 Å². The van der Waals surface area contributed by atoms with Gasteiger partial charge in [-0.05, 0) is 31.2 Å².